The number of aliphatic hydroxyl groups excluding tert-OH is 1. The van der Waals surface area contributed by atoms with Crippen molar-refractivity contribution in [1.29, 1.82) is 0 Å². The Kier molecular flexibility index (Phi) is 10.2. The number of aromatic nitrogens is 2. The van der Waals surface area contributed by atoms with Gasteiger partial charge in [0, 0.05) is 11.2 Å². The number of rotatable bonds is 12. The van der Waals surface area contributed by atoms with E-state index in [0.717, 1.165) is 4.57 Å². The molecule has 13 nitrogen and oxygen atoms in total. The molecule has 0 aliphatic carbocycles. The molecular formula is C24H34ClN4O9P. The number of anilines is 1. The molecule has 0 bridgehead atoms. The summed E-state index contributed by atoms with van der Waals surface area (Å²) < 4.78 is 37.1. The molecule has 216 valence electrons. The van der Waals surface area contributed by atoms with E-state index >= 15 is 0 Å². The lowest BCUT2D eigenvalue weighted by Gasteiger charge is -2.28. The molecule has 0 amide bonds. The second-order valence-electron chi connectivity index (χ2n) is 9.64. The summed E-state index contributed by atoms with van der Waals surface area (Å²) in [5.41, 5.74) is 2.77. The fraction of sp³-hybridized carbons (Fsp3) is 0.542. The number of aliphatic hydroxyl groups is 2. The van der Waals surface area contributed by atoms with E-state index in [2.05, 4.69) is 10.1 Å². The molecule has 1 aromatic carbocycles. The first kappa shape index (κ1) is 31.0. The van der Waals surface area contributed by atoms with Crippen LogP contribution >= 0.6 is 19.3 Å². The summed E-state index contributed by atoms with van der Waals surface area (Å²) in [6, 6.07) is 6.24. The van der Waals surface area contributed by atoms with Crippen LogP contribution in [-0.2, 0) is 23.4 Å². The first-order valence-electron chi connectivity index (χ1n) is 12.3. The maximum atomic E-state index is 14.0. The lowest BCUT2D eigenvalue weighted by Crippen LogP contribution is -2.46. The molecule has 1 saturated heterocycles. The Labute approximate surface area is 230 Å². The van der Waals surface area contributed by atoms with Crippen LogP contribution in [0.1, 0.15) is 40.3 Å². The number of carbonyl (C=O) groups is 1. The Morgan fingerprint density at radius 3 is 2.59 bits per heavy atom. The maximum Gasteiger partial charge on any atom is 0.459 e. The van der Waals surface area contributed by atoms with Crippen LogP contribution in [-0.4, -0.2) is 62.8 Å². The zero-order valence-corrected chi connectivity index (χ0v) is 23.7. The maximum absolute atomic E-state index is 14.0. The van der Waals surface area contributed by atoms with Crippen molar-refractivity contribution in [2.24, 2.45) is 5.92 Å². The van der Waals surface area contributed by atoms with Gasteiger partial charge in [-0.25, -0.2) is 9.36 Å². The van der Waals surface area contributed by atoms with E-state index < -0.39 is 56.1 Å². The number of nitrogens with two attached hydrogens (primary N) is 1. The summed E-state index contributed by atoms with van der Waals surface area (Å²) in [5, 5.41) is 24.9. The van der Waals surface area contributed by atoms with Gasteiger partial charge in [0.25, 0.3) is 0 Å². The average molecular weight is 589 g/mol. The van der Waals surface area contributed by atoms with Gasteiger partial charge in [-0.1, -0.05) is 25.4 Å². The van der Waals surface area contributed by atoms with E-state index in [1.165, 1.54) is 43.5 Å². The monoisotopic (exact) mass is 588 g/mol. The van der Waals surface area contributed by atoms with E-state index in [1.807, 2.05) is 13.8 Å². The van der Waals surface area contributed by atoms with E-state index in [1.54, 1.807) is 6.92 Å². The average Bonchev–Trinajstić information content (AvgIpc) is 3.07. The highest BCUT2D eigenvalue weighted by Gasteiger charge is 2.54. The summed E-state index contributed by atoms with van der Waals surface area (Å²) in [7, 11) is -4.34. The number of esters is 1. The van der Waals surface area contributed by atoms with Gasteiger partial charge in [-0.15, -0.1) is 0 Å². The van der Waals surface area contributed by atoms with Gasteiger partial charge in [0.05, 0.1) is 13.2 Å². The molecular weight excluding hydrogens is 555 g/mol. The number of carbonyl (C=O) groups excluding carboxylic acids is 1. The smallest absolute Gasteiger partial charge is 0.459 e. The van der Waals surface area contributed by atoms with Gasteiger partial charge in [0.1, 0.15) is 35.4 Å². The molecule has 1 fully saturated rings. The summed E-state index contributed by atoms with van der Waals surface area (Å²) >= 11 is 5.94. The number of benzene rings is 1. The highest BCUT2D eigenvalue weighted by molar-refractivity contribution is 7.52. The summed E-state index contributed by atoms with van der Waals surface area (Å²) in [5.74, 6) is -0.540. The van der Waals surface area contributed by atoms with Crippen molar-refractivity contribution in [1.82, 2.24) is 14.6 Å². The molecule has 2 aromatic rings. The van der Waals surface area contributed by atoms with Crippen LogP contribution in [0.3, 0.4) is 0 Å². The number of nitrogens with one attached hydrogen (secondary N) is 1. The summed E-state index contributed by atoms with van der Waals surface area (Å²) in [6.07, 6.45) is -2.68. The lowest BCUT2D eigenvalue weighted by molar-refractivity contribution is -0.145. The Morgan fingerprint density at radius 1 is 1.33 bits per heavy atom. The van der Waals surface area contributed by atoms with Crippen LogP contribution in [0.15, 0.2) is 41.3 Å². The fourth-order valence-electron chi connectivity index (χ4n) is 3.98. The van der Waals surface area contributed by atoms with Crippen molar-refractivity contribution >= 4 is 31.1 Å². The second kappa shape index (κ2) is 12.8. The minimum absolute atomic E-state index is 0.0126. The molecule has 1 unspecified atom stereocenters. The second-order valence-corrected chi connectivity index (χ2v) is 11.8. The zero-order chi connectivity index (χ0) is 29.0. The number of hydrogen-bond acceptors (Lipinski definition) is 11. The zero-order valence-electron chi connectivity index (χ0n) is 22.0. The van der Waals surface area contributed by atoms with Gasteiger partial charge in [0.15, 0.2) is 6.23 Å². The quantitative estimate of drug-likeness (QED) is 0.210. The molecule has 1 aliphatic rings. The van der Waals surface area contributed by atoms with Crippen molar-refractivity contribution in [3.63, 3.8) is 0 Å². The fourth-order valence-corrected chi connectivity index (χ4v) is 5.63. The normalized spacial score (nSPS) is 25.3. The van der Waals surface area contributed by atoms with E-state index in [9.17, 15) is 24.4 Å². The van der Waals surface area contributed by atoms with E-state index in [0.29, 0.717) is 5.02 Å². The Morgan fingerprint density at radius 2 is 2.00 bits per heavy atom. The Balaban J connectivity index is 1.86. The van der Waals surface area contributed by atoms with Crippen LogP contribution in [0, 0.1) is 5.92 Å². The number of nitrogen functional groups attached to an aromatic ring is 1. The standard InChI is InChI=1S/C24H34ClN4O9P/c1-5-35-21(31)17(12-14(2)3)28-39(34,38-16-8-6-15(25)7-9-16)36-13-18-20(30)24(4,33)22(37-18)29-11-10-19(26)27-23(29)32/h6-11,14,17-18,20,22,30,33H,5,12-13H2,1-4H3,(H,28,34)(H2,26,27,32)/t17-,18+,20+,22+,24+,39?/m0/s1. The summed E-state index contributed by atoms with van der Waals surface area (Å²) in [4.78, 5) is 28.6. The van der Waals surface area contributed by atoms with Crippen LogP contribution < -0.4 is 21.0 Å². The third kappa shape index (κ3) is 7.79. The molecule has 0 saturated carbocycles. The van der Waals surface area contributed by atoms with Crippen LogP contribution in [0.25, 0.3) is 0 Å². The van der Waals surface area contributed by atoms with Gasteiger partial charge in [-0.2, -0.15) is 10.1 Å². The van der Waals surface area contributed by atoms with Crippen molar-refractivity contribution < 1.29 is 38.1 Å². The van der Waals surface area contributed by atoms with Crippen molar-refractivity contribution in [2.75, 3.05) is 18.9 Å². The molecule has 1 aliphatic heterocycles. The van der Waals surface area contributed by atoms with Gasteiger partial charge >= 0.3 is 19.4 Å². The van der Waals surface area contributed by atoms with Crippen molar-refractivity contribution in [2.45, 2.75) is 64.2 Å². The first-order valence-corrected chi connectivity index (χ1v) is 14.2. The molecule has 2 heterocycles. The molecule has 0 radical (unpaired) electrons. The van der Waals surface area contributed by atoms with Crippen LogP contribution in [0.4, 0.5) is 5.82 Å². The largest absolute Gasteiger partial charge is 0.465 e. The van der Waals surface area contributed by atoms with E-state index in [-0.39, 0.29) is 30.5 Å². The van der Waals surface area contributed by atoms with Gasteiger partial charge < -0.3 is 29.9 Å². The van der Waals surface area contributed by atoms with Gasteiger partial charge in [-0.05, 0) is 56.5 Å². The SMILES string of the molecule is CCOC(=O)[C@H](CC(C)C)NP(=O)(OC[C@H]1O[C@@H](n2ccc(N)nc2=O)[C@](C)(O)[C@@H]1O)Oc1ccc(Cl)cc1. The molecule has 1 aromatic heterocycles. The van der Waals surface area contributed by atoms with Gasteiger partial charge in [0.2, 0.25) is 0 Å². The molecule has 0 spiro atoms. The molecule has 6 atom stereocenters. The van der Waals surface area contributed by atoms with Crippen molar-refractivity contribution in [3.05, 3.63) is 52.0 Å². The van der Waals surface area contributed by atoms with Crippen molar-refractivity contribution in [3.8, 4) is 5.75 Å². The number of hydrogen-bond donors (Lipinski definition) is 4. The molecule has 39 heavy (non-hydrogen) atoms. The van der Waals surface area contributed by atoms with Crippen LogP contribution in [0.5, 0.6) is 5.75 Å². The predicted molar refractivity (Wildman–Crippen MR) is 142 cm³/mol. The third-order valence-electron chi connectivity index (χ3n) is 5.90. The molecule has 5 N–H and O–H groups in total. The first-order chi connectivity index (χ1) is 18.3. The molecule has 15 heteroatoms. The lowest BCUT2D eigenvalue weighted by atomic mass is 9.96. The third-order valence-corrected chi connectivity index (χ3v) is 7.72. The highest BCUT2D eigenvalue weighted by Crippen LogP contribution is 2.47. The number of ether oxygens (including phenoxy) is 2. The number of nitrogens with zero attached hydrogens (tertiary/aromatic N) is 2. The molecule has 3 rings (SSSR count). The predicted octanol–water partition coefficient (Wildman–Crippen LogP) is 2.26. The van der Waals surface area contributed by atoms with Gasteiger partial charge in [-0.3, -0.25) is 13.9 Å². The topological polar surface area (TPSA) is 184 Å². The summed E-state index contributed by atoms with van der Waals surface area (Å²) in [6.45, 7) is 6.22. The minimum atomic E-state index is -4.34. The Hall–Kier alpha value is -2.51. The number of halogens is 1. The van der Waals surface area contributed by atoms with E-state index in [4.69, 9.17) is 35.9 Å². The highest BCUT2D eigenvalue weighted by atomic mass is 35.5. The van der Waals surface area contributed by atoms with Crippen LogP contribution in [0.2, 0.25) is 5.02 Å². The Bertz CT molecular complexity index is 1240. The minimum Gasteiger partial charge on any atom is -0.465 e.